The Kier molecular flexibility index (Phi) is 10.6. The Morgan fingerprint density at radius 1 is 1.05 bits per heavy atom. The molecule has 120 valence electrons. The Morgan fingerprint density at radius 3 is 2.25 bits per heavy atom. The molecule has 1 saturated carbocycles. The number of nitrogens with one attached hydrogen (secondary N) is 1. The van der Waals surface area contributed by atoms with Gasteiger partial charge in [-0.05, 0) is 19.9 Å². The molecule has 20 heavy (non-hydrogen) atoms. The number of halogens is 2. The van der Waals surface area contributed by atoms with Crippen molar-refractivity contribution in [2.45, 2.75) is 44.6 Å². The molecule has 2 fully saturated rings. The van der Waals surface area contributed by atoms with Gasteiger partial charge in [-0.3, -0.25) is 4.79 Å². The summed E-state index contributed by atoms with van der Waals surface area (Å²) in [6, 6.07) is 0.666. The second-order valence-corrected chi connectivity index (χ2v) is 5.72. The molecule has 1 aliphatic carbocycles. The lowest BCUT2D eigenvalue weighted by atomic mass is 9.95. The highest BCUT2D eigenvalue weighted by Gasteiger charge is 2.19. The van der Waals surface area contributed by atoms with E-state index in [4.69, 9.17) is 0 Å². The maximum atomic E-state index is 12.0. The summed E-state index contributed by atoms with van der Waals surface area (Å²) < 4.78 is 0. The number of carbonyl (C=O) groups excluding carboxylic acids is 1. The fourth-order valence-corrected chi connectivity index (χ4v) is 2.90. The van der Waals surface area contributed by atoms with Gasteiger partial charge in [-0.2, -0.15) is 0 Å². The van der Waals surface area contributed by atoms with Crippen LogP contribution in [-0.4, -0.2) is 61.5 Å². The fraction of sp³-hybridized carbons (Fsp3) is 0.929. The van der Waals surface area contributed by atoms with Crippen LogP contribution >= 0.6 is 24.8 Å². The number of piperazine rings is 1. The smallest absolute Gasteiger partial charge is 0.223 e. The molecule has 0 aromatic carbocycles. The van der Waals surface area contributed by atoms with E-state index in [-0.39, 0.29) is 24.8 Å². The average molecular weight is 326 g/mol. The minimum Gasteiger partial charge on any atom is -0.340 e. The van der Waals surface area contributed by atoms with Gasteiger partial charge in [0.2, 0.25) is 5.91 Å². The zero-order valence-corrected chi connectivity index (χ0v) is 14.1. The quantitative estimate of drug-likeness (QED) is 0.857. The van der Waals surface area contributed by atoms with Crippen molar-refractivity contribution in [2.75, 3.05) is 39.8 Å². The molecule has 0 aromatic rings. The molecular weight excluding hydrogens is 297 g/mol. The zero-order chi connectivity index (χ0) is 12.8. The van der Waals surface area contributed by atoms with Gasteiger partial charge in [0.1, 0.15) is 0 Å². The molecule has 0 spiro atoms. The van der Waals surface area contributed by atoms with Crippen LogP contribution in [0.3, 0.4) is 0 Å². The highest BCUT2D eigenvalue weighted by atomic mass is 35.5. The molecule has 1 heterocycles. The summed E-state index contributed by atoms with van der Waals surface area (Å²) in [5, 5.41) is 3.54. The van der Waals surface area contributed by atoms with Crippen LogP contribution in [0.2, 0.25) is 0 Å². The highest BCUT2D eigenvalue weighted by Crippen LogP contribution is 2.17. The van der Waals surface area contributed by atoms with E-state index in [0.717, 1.165) is 32.7 Å². The molecule has 1 aliphatic heterocycles. The van der Waals surface area contributed by atoms with Crippen molar-refractivity contribution < 1.29 is 4.79 Å². The first-order chi connectivity index (χ1) is 8.75. The molecule has 1 amide bonds. The number of nitrogens with zero attached hydrogens (tertiary/aromatic N) is 2. The molecule has 0 bridgehead atoms. The molecule has 0 atom stereocenters. The van der Waals surface area contributed by atoms with Gasteiger partial charge in [0, 0.05) is 45.2 Å². The van der Waals surface area contributed by atoms with Crippen LogP contribution in [-0.2, 0) is 4.79 Å². The van der Waals surface area contributed by atoms with Gasteiger partial charge in [0.05, 0.1) is 0 Å². The molecule has 6 heteroatoms. The van der Waals surface area contributed by atoms with Crippen LogP contribution in [0.4, 0.5) is 0 Å². The van der Waals surface area contributed by atoms with Crippen LogP contribution in [0.5, 0.6) is 0 Å². The summed E-state index contributed by atoms with van der Waals surface area (Å²) >= 11 is 0. The zero-order valence-electron chi connectivity index (χ0n) is 12.5. The summed E-state index contributed by atoms with van der Waals surface area (Å²) in [7, 11) is 2.12. The Balaban J connectivity index is 0.00000180. The Bertz CT molecular complexity index is 265. The van der Waals surface area contributed by atoms with Gasteiger partial charge in [-0.25, -0.2) is 0 Å². The largest absolute Gasteiger partial charge is 0.340 e. The van der Waals surface area contributed by atoms with Crippen molar-refractivity contribution in [2.24, 2.45) is 0 Å². The Hall–Kier alpha value is -0.0300. The maximum absolute atomic E-state index is 12.0. The van der Waals surface area contributed by atoms with Gasteiger partial charge in [0.25, 0.3) is 0 Å². The Labute approximate surface area is 135 Å². The third kappa shape index (κ3) is 6.61. The first-order valence-corrected chi connectivity index (χ1v) is 7.45. The van der Waals surface area contributed by atoms with Crippen LogP contribution < -0.4 is 5.32 Å². The van der Waals surface area contributed by atoms with Crippen molar-refractivity contribution in [3.63, 3.8) is 0 Å². The summed E-state index contributed by atoms with van der Waals surface area (Å²) in [6.45, 7) is 4.69. The first-order valence-electron chi connectivity index (χ1n) is 7.45. The van der Waals surface area contributed by atoms with E-state index in [9.17, 15) is 4.79 Å². The second-order valence-electron chi connectivity index (χ2n) is 5.72. The summed E-state index contributed by atoms with van der Waals surface area (Å²) in [5.74, 6) is 0.325. The van der Waals surface area contributed by atoms with Gasteiger partial charge in [-0.15, -0.1) is 24.8 Å². The van der Waals surface area contributed by atoms with Crippen molar-refractivity contribution in [1.82, 2.24) is 15.1 Å². The van der Waals surface area contributed by atoms with Crippen LogP contribution in [0.25, 0.3) is 0 Å². The molecule has 0 unspecified atom stereocenters. The molecule has 1 saturated heterocycles. The van der Waals surface area contributed by atoms with Gasteiger partial charge < -0.3 is 15.1 Å². The summed E-state index contributed by atoms with van der Waals surface area (Å²) in [6.07, 6.45) is 7.35. The minimum atomic E-state index is 0. The molecular formula is C14H29Cl2N3O. The molecule has 0 aromatic heterocycles. The third-order valence-electron chi connectivity index (χ3n) is 4.23. The van der Waals surface area contributed by atoms with Crippen molar-refractivity contribution >= 4 is 30.7 Å². The van der Waals surface area contributed by atoms with E-state index in [0.29, 0.717) is 18.4 Å². The van der Waals surface area contributed by atoms with Crippen molar-refractivity contribution in [3.05, 3.63) is 0 Å². The topological polar surface area (TPSA) is 35.6 Å². The van der Waals surface area contributed by atoms with E-state index in [2.05, 4.69) is 17.3 Å². The van der Waals surface area contributed by atoms with E-state index < -0.39 is 0 Å². The monoisotopic (exact) mass is 325 g/mol. The highest BCUT2D eigenvalue weighted by molar-refractivity contribution is 5.85. The van der Waals surface area contributed by atoms with E-state index in [1.807, 2.05) is 4.90 Å². The summed E-state index contributed by atoms with van der Waals surface area (Å²) in [5.41, 5.74) is 0. The Morgan fingerprint density at radius 2 is 1.65 bits per heavy atom. The number of amides is 1. The molecule has 2 aliphatic rings. The van der Waals surface area contributed by atoms with Crippen molar-refractivity contribution in [1.29, 1.82) is 0 Å². The van der Waals surface area contributed by atoms with Gasteiger partial charge in [0.15, 0.2) is 0 Å². The molecule has 0 radical (unpaired) electrons. The number of rotatable bonds is 4. The van der Waals surface area contributed by atoms with Crippen molar-refractivity contribution in [3.8, 4) is 0 Å². The predicted octanol–water partition coefficient (Wildman–Crippen LogP) is 1.92. The fourth-order valence-electron chi connectivity index (χ4n) is 2.90. The number of carbonyl (C=O) groups is 1. The lowest BCUT2D eigenvalue weighted by molar-refractivity contribution is -0.132. The molecule has 4 nitrogen and oxygen atoms in total. The van der Waals surface area contributed by atoms with Crippen LogP contribution in [0, 0.1) is 0 Å². The van der Waals surface area contributed by atoms with E-state index in [1.165, 1.54) is 32.1 Å². The normalized spacial score (nSPS) is 20.9. The van der Waals surface area contributed by atoms with Gasteiger partial charge >= 0.3 is 0 Å². The lowest BCUT2D eigenvalue weighted by Crippen LogP contribution is -2.47. The number of likely N-dealkylation sites (N-methyl/N-ethyl adjacent to an activating group) is 1. The standard InChI is InChI=1S/C14H27N3O.2ClH/c1-16-9-11-17(12-10-16)14(18)7-8-15-13-5-3-2-4-6-13;;/h13,15H,2-12H2,1H3;2*1H. The minimum absolute atomic E-state index is 0. The molecule has 1 N–H and O–H groups in total. The summed E-state index contributed by atoms with van der Waals surface area (Å²) in [4.78, 5) is 16.3. The van der Waals surface area contributed by atoms with Crippen LogP contribution in [0.1, 0.15) is 38.5 Å². The SMILES string of the molecule is CN1CCN(C(=O)CCNC2CCCCC2)CC1.Cl.Cl. The van der Waals surface area contributed by atoms with Crippen LogP contribution in [0.15, 0.2) is 0 Å². The van der Waals surface area contributed by atoms with E-state index >= 15 is 0 Å². The maximum Gasteiger partial charge on any atom is 0.223 e. The number of hydrogen-bond acceptors (Lipinski definition) is 3. The van der Waals surface area contributed by atoms with E-state index in [1.54, 1.807) is 0 Å². The average Bonchev–Trinajstić information content (AvgIpc) is 2.40. The second kappa shape index (κ2) is 10.7. The van der Waals surface area contributed by atoms with Gasteiger partial charge in [-0.1, -0.05) is 19.3 Å². The third-order valence-corrected chi connectivity index (χ3v) is 4.23. The molecule has 2 rings (SSSR count). The predicted molar refractivity (Wildman–Crippen MR) is 88.1 cm³/mol. The number of hydrogen-bond donors (Lipinski definition) is 1. The first kappa shape index (κ1) is 20.0. The lowest BCUT2D eigenvalue weighted by Gasteiger charge is -2.32.